The van der Waals surface area contributed by atoms with Gasteiger partial charge in [0.1, 0.15) is 0 Å². The van der Waals surface area contributed by atoms with Crippen molar-refractivity contribution in [3.05, 3.63) is 48.0 Å². The average Bonchev–Trinajstić information content (AvgIpc) is 2.54. The van der Waals surface area contributed by atoms with Crippen molar-refractivity contribution in [3.8, 4) is 0 Å². The lowest BCUT2D eigenvalue weighted by molar-refractivity contribution is -0.122. The van der Waals surface area contributed by atoms with Gasteiger partial charge in [0.15, 0.2) is 0 Å². The van der Waals surface area contributed by atoms with E-state index in [2.05, 4.69) is 35.6 Å². The molecule has 1 amide bonds. The van der Waals surface area contributed by atoms with Crippen LogP contribution < -0.4 is 5.32 Å². The fourth-order valence-corrected chi connectivity index (χ4v) is 2.53. The van der Waals surface area contributed by atoms with Gasteiger partial charge in [-0.15, -0.1) is 0 Å². The molecule has 0 radical (unpaired) electrons. The Morgan fingerprint density at radius 2 is 1.87 bits per heavy atom. The summed E-state index contributed by atoms with van der Waals surface area (Å²) in [5, 5.41) is 5.49. The minimum Gasteiger partial charge on any atom is -0.382 e. The van der Waals surface area contributed by atoms with Crippen LogP contribution in [-0.4, -0.2) is 38.9 Å². The molecular weight excluding hydrogens is 290 g/mol. The van der Waals surface area contributed by atoms with Gasteiger partial charge in [0.05, 0.1) is 19.8 Å². The summed E-state index contributed by atoms with van der Waals surface area (Å²) in [6.07, 6.45) is 1.20. The topological polar surface area (TPSA) is 47.6 Å². The van der Waals surface area contributed by atoms with Crippen molar-refractivity contribution in [1.82, 2.24) is 5.32 Å². The second-order valence-electron chi connectivity index (χ2n) is 5.71. The van der Waals surface area contributed by atoms with Gasteiger partial charge in [-0.25, -0.2) is 0 Å². The molecule has 0 aromatic heterocycles. The molecule has 4 nitrogen and oxygen atoms in total. The minimum atomic E-state index is 0.0238. The predicted molar refractivity (Wildman–Crippen MR) is 92.6 cm³/mol. The molecule has 2 aromatic rings. The highest BCUT2D eigenvalue weighted by molar-refractivity contribution is 5.83. The van der Waals surface area contributed by atoms with Crippen LogP contribution in [0.2, 0.25) is 0 Å². The van der Waals surface area contributed by atoms with E-state index in [0.717, 1.165) is 6.42 Å². The molecule has 2 rings (SSSR count). The van der Waals surface area contributed by atoms with Crippen molar-refractivity contribution in [2.24, 2.45) is 0 Å². The van der Waals surface area contributed by atoms with Gasteiger partial charge >= 0.3 is 0 Å². The van der Waals surface area contributed by atoms with Crippen LogP contribution in [0, 0.1) is 0 Å². The Kier molecular flexibility index (Phi) is 7.04. The van der Waals surface area contributed by atoms with E-state index in [9.17, 15) is 4.79 Å². The smallest absolute Gasteiger partial charge is 0.222 e. The van der Waals surface area contributed by atoms with Gasteiger partial charge in [-0.05, 0) is 29.7 Å². The average molecular weight is 315 g/mol. The van der Waals surface area contributed by atoms with E-state index in [1.165, 1.54) is 16.3 Å². The molecule has 0 aliphatic rings. The first kappa shape index (κ1) is 17.4. The molecule has 0 saturated carbocycles. The maximum Gasteiger partial charge on any atom is 0.222 e. The van der Waals surface area contributed by atoms with Crippen molar-refractivity contribution in [2.45, 2.75) is 25.8 Å². The summed E-state index contributed by atoms with van der Waals surface area (Å²) in [7, 11) is 1.63. The number of fused-ring (bicyclic) bond motifs is 1. The number of carbonyl (C=O) groups is 1. The second kappa shape index (κ2) is 9.28. The summed E-state index contributed by atoms with van der Waals surface area (Å²) in [6, 6.07) is 14.8. The Labute approximate surface area is 137 Å². The maximum atomic E-state index is 11.9. The van der Waals surface area contributed by atoms with Crippen molar-refractivity contribution in [2.75, 3.05) is 26.9 Å². The highest BCUT2D eigenvalue weighted by Gasteiger charge is 2.08. The molecule has 124 valence electrons. The van der Waals surface area contributed by atoms with Crippen LogP contribution in [0.4, 0.5) is 0 Å². The maximum absolute atomic E-state index is 11.9. The lowest BCUT2D eigenvalue weighted by atomic mass is 10.0. The largest absolute Gasteiger partial charge is 0.382 e. The quantitative estimate of drug-likeness (QED) is 0.724. The number of amides is 1. The number of benzene rings is 2. The summed E-state index contributed by atoms with van der Waals surface area (Å²) in [4.78, 5) is 11.9. The van der Waals surface area contributed by atoms with Gasteiger partial charge in [-0.2, -0.15) is 0 Å². The van der Waals surface area contributed by atoms with Crippen molar-refractivity contribution >= 4 is 16.7 Å². The normalized spacial score (nSPS) is 12.3. The van der Waals surface area contributed by atoms with Gasteiger partial charge in [-0.1, -0.05) is 42.5 Å². The molecule has 1 N–H and O–H groups in total. The fourth-order valence-electron chi connectivity index (χ4n) is 2.53. The van der Waals surface area contributed by atoms with Crippen LogP contribution in [-0.2, 0) is 20.7 Å². The lowest BCUT2D eigenvalue weighted by Gasteiger charge is -2.14. The summed E-state index contributed by atoms with van der Waals surface area (Å²) in [5.74, 6) is 0.0238. The van der Waals surface area contributed by atoms with Crippen LogP contribution in [0.3, 0.4) is 0 Å². The number of hydrogen-bond donors (Lipinski definition) is 1. The van der Waals surface area contributed by atoms with Crippen molar-refractivity contribution in [3.63, 3.8) is 0 Å². The Hall–Kier alpha value is -1.91. The summed E-state index contributed by atoms with van der Waals surface area (Å²) >= 11 is 0. The number of ether oxygens (including phenoxy) is 2. The highest BCUT2D eigenvalue weighted by atomic mass is 16.5. The molecule has 0 fully saturated rings. The zero-order valence-corrected chi connectivity index (χ0v) is 13.9. The third-order valence-electron chi connectivity index (χ3n) is 3.67. The van der Waals surface area contributed by atoms with E-state index in [0.29, 0.717) is 26.2 Å². The Morgan fingerprint density at radius 3 is 2.65 bits per heavy atom. The Balaban J connectivity index is 1.76. The number of hydrogen-bond acceptors (Lipinski definition) is 3. The Bertz CT molecular complexity index is 627. The van der Waals surface area contributed by atoms with E-state index in [4.69, 9.17) is 9.47 Å². The number of rotatable bonds is 9. The van der Waals surface area contributed by atoms with Gasteiger partial charge in [0.25, 0.3) is 0 Å². The van der Waals surface area contributed by atoms with Crippen molar-refractivity contribution < 1.29 is 14.3 Å². The molecule has 0 unspecified atom stereocenters. The van der Waals surface area contributed by atoms with E-state index in [1.54, 1.807) is 7.11 Å². The molecule has 0 heterocycles. The summed E-state index contributed by atoms with van der Waals surface area (Å²) in [6.45, 7) is 3.53. The molecule has 0 aliphatic heterocycles. The monoisotopic (exact) mass is 315 g/mol. The first-order valence-corrected chi connectivity index (χ1v) is 8.03. The number of carbonyl (C=O) groups excluding carboxylic acids is 1. The fraction of sp³-hybridized carbons (Fsp3) is 0.421. The zero-order chi connectivity index (χ0) is 16.5. The first-order chi connectivity index (χ1) is 11.2. The molecule has 1 atom stereocenters. The summed E-state index contributed by atoms with van der Waals surface area (Å²) < 4.78 is 10.2. The highest BCUT2D eigenvalue weighted by Crippen LogP contribution is 2.16. The Morgan fingerprint density at radius 1 is 1.09 bits per heavy atom. The molecule has 0 aliphatic carbocycles. The predicted octanol–water partition coefficient (Wildman–Crippen LogP) is 2.94. The van der Waals surface area contributed by atoms with Crippen LogP contribution in [0.1, 0.15) is 18.9 Å². The van der Waals surface area contributed by atoms with E-state index in [-0.39, 0.29) is 11.9 Å². The lowest BCUT2D eigenvalue weighted by Crippen LogP contribution is -2.34. The molecule has 0 spiro atoms. The zero-order valence-electron chi connectivity index (χ0n) is 13.9. The van der Waals surface area contributed by atoms with Gasteiger partial charge in [0.2, 0.25) is 5.91 Å². The molecule has 2 aromatic carbocycles. The standard InChI is InChI=1S/C19H25NO3/c1-15(20-19(21)9-10-23-12-11-22-2)13-16-7-8-17-5-3-4-6-18(17)14-16/h3-8,14-15H,9-13H2,1-2H3,(H,20,21)/t15-/m1/s1. The van der Waals surface area contributed by atoms with Crippen LogP contribution >= 0.6 is 0 Å². The third-order valence-corrected chi connectivity index (χ3v) is 3.67. The molecule has 0 bridgehead atoms. The summed E-state index contributed by atoms with van der Waals surface area (Å²) in [5.41, 5.74) is 1.23. The van der Waals surface area contributed by atoms with E-state index < -0.39 is 0 Å². The van der Waals surface area contributed by atoms with Crippen LogP contribution in [0.15, 0.2) is 42.5 Å². The van der Waals surface area contributed by atoms with E-state index in [1.807, 2.05) is 19.1 Å². The number of methoxy groups -OCH3 is 1. The SMILES string of the molecule is COCCOCCC(=O)N[C@H](C)Cc1ccc2ccccc2c1. The van der Waals surface area contributed by atoms with E-state index >= 15 is 0 Å². The van der Waals surface area contributed by atoms with Gasteiger partial charge < -0.3 is 14.8 Å². The van der Waals surface area contributed by atoms with Gasteiger partial charge in [-0.3, -0.25) is 4.79 Å². The van der Waals surface area contributed by atoms with Crippen LogP contribution in [0.5, 0.6) is 0 Å². The molecule has 0 saturated heterocycles. The third kappa shape index (κ3) is 6.00. The van der Waals surface area contributed by atoms with Gasteiger partial charge in [0, 0.05) is 19.6 Å². The number of nitrogens with one attached hydrogen (secondary N) is 1. The van der Waals surface area contributed by atoms with Crippen molar-refractivity contribution in [1.29, 1.82) is 0 Å². The molecule has 23 heavy (non-hydrogen) atoms. The first-order valence-electron chi connectivity index (χ1n) is 8.03. The minimum absolute atomic E-state index is 0.0238. The second-order valence-corrected chi connectivity index (χ2v) is 5.71. The molecular formula is C19H25NO3. The molecule has 4 heteroatoms. The van der Waals surface area contributed by atoms with Crippen LogP contribution in [0.25, 0.3) is 10.8 Å².